The van der Waals surface area contributed by atoms with E-state index in [4.69, 9.17) is 8.19 Å². The molecule has 0 unspecified atom stereocenters. The zero-order chi connectivity index (χ0) is 8.48. The van der Waals surface area contributed by atoms with Crippen molar-refractivity contribution in [2.75, 3.05) is 0 Å². The molecule has 0 spiro atoms. The first-order valence-corrected chi connectivity index (χ1v) is 6.13. The Labute approximate surface area is 64.7 Å². The second kappa shape index (κ2) is 2.69. The van der Waals surface area contributed by atoms with Crippen LogP contribution in [0.25, 0.3) is 0 Å². The molecule has 1 aromatic heterocycles. The molecule has 0 saturated carbocycles. The van der Waals surface area contributed by atoms with Crippen molar-refractivity contribution in [1.29, 1.82) is 0 Å². The van der Waals surface area contributed by atoms with Crippen molar-refractivity contribution >= 4 is 18.5 Å². The summed E-state index contributed by atoms with van der Waals surface area (Å²) in [5, 5.41) is 0. The van der Waals surface area contributed by atoms with Crippen molar-refractivity contribution in [3.05, 3.63) is 28.7 Å². The van der Waals surface area contributed by atoms with Gasteiger partial charge in [0.2, 0.25) is 0 Å². The van der Waals surface area contributed by atoms with Gasteiger partial charge in [0.1, 0.15) is 0 Å². The molecule has 0 aliphatic heterocycles. The number of aromatic amines is 1. The van der Waals surface area contributed by atoms with Crippen molar-refractivity contribution in [3.63, 3.8) is 0 Å². The fraction of sp³-hybridized carbons (Fsp3) is 0. The predicted octanol–water partition coefficient (Wildman–Crippen LogP) is -2.06. The van der Waals surface area contributed by atoms with Gasteiger partial charge in [-0.25, -0.2) is 0 Å². The molecule has 0 aliphatic carbocycles. The maximum absolute atomic E-state index is 10.6. The van der Waals surface area contributed by atoms with Crippen LogP contribution in [0.4, 0.5) is 0 Å². The Morgan fingerprint density at radius 1 is 1.36 bits per heavy atom. The van der Waals surface area contributed by atoms with E-state index in [0.717, 1.165) is 18.3 Å². The quantitative estimate of drug-likeness (QED) is 0.473. The third kappa shape index (κ3) is 2.08. The molecule has 0 aromatic carbocycles. The van der Waals surface area contributed by atoms with Gasteiger partial charge in [0.25, 0.3) is 0 Å². The molecule has 0 fully saturated rings. The topological polar surface area (TPSA) is 90.4 Å². The van der Waals surface area contributed by atoms with Crippen LogP contribution in [0.2, 0.25) is 0 Å². The molecular weight excluding hydrogens is 213 g/mol. The van der Waals surface area contributed by atoms with Gasteiger partial charge in [0.05, 0.1) is 0 Å². The summed E-state index contributed by atoms with van der Waals surface area (Å²) in [6.45, 7) is 0. The Hall–Kier alpha value is -0.772. The predicted molar refractivity (Wildman–Crippen MR) is 37.6 cm³/mol. The van der Waals surface area contributed by atoms with E-state index in [2.05, 4.69) is 4.98 Å². The molecule has 0 atom stereocenters. The van der Waals surface area contributed by atoms with Crippen LogP contribution in [0, 0.1) is 0 Å². The van der Waals surface area contributed by atoms with E-state index in [9.17, 15) is 8.53 Å². The third-order valence-corrected chi connectivity index (χ3v) is 3.10. The van der Waals surface area contributed by atoms with Crippen molar-refractivity contribution in [3.8, 4) is 0 Å². The first-order valence-electron chi connectivity index (χ1n) is 2.75. The third-order valence-electron chi connectivity index (χ3n) is 1.10. The second-order valence-corrected chi connectivity index (χ2v) is 5.32. The molecule has 6 heteroatoms. The van der Waals surface area contributed by atoms with Gasteiger partial charge in [-0.05, 0) is 0 Å². The molecule has 0 bridgehead atoms. The van der Waals surface area contributed by atoms with Crippen LogP contribution in [0.5, 0.6) is 0 Å². The van der Waals surface area contributed by atoms with Crippen molar-refractivity contribution in [2.24, 2.45) is 0 Å². The van der Waals surface area contributed by atoms with E-state index >= 15 is 0 Å². The molecule has 1 aromatic rings. The van der Waals surface area contributed by atoms with Crippen LogP contribution >= 0.6 is 0 Å². The summed E-state index contributed by atoms with van der Waals surface area (Å²) >= 11 is -4.80. The van der Waals surface area contributed by atoms with Gasteiger partial charge in [0.15, 0.2) is 0 Å². The zero-order valence-electron chi connectivity index (χ0n) is 5.39. The SMILES string of the molecule is O=c1ccc([As](=O)(O)O)c[nH]1. The summed E-state index contributed by atoms with van der Waals surface area (Å²) in [7, 11) is 0. The molecular formula is C5H6AsNO4. The number of pyridine rings is 1. The number of rotatable bonds is 1. The van der Waals surface area contributed by atoms with Crippen LogP contribution in [-0.2, 0) is 3.74 Å². The zero-order valence-corrected chi connectivity index (χ0v) is 7.27. The minimum atomic E-state index is -4.80. The van der Waals surface area contributed by atoms with Crippen molar-refractivity contribution in [1.82, 2.24) is 4.98 Å². The molecule has 5 nitrogen and oxygen atoms in total. The molecule has 0 aliphatic rings. The van der Waals surface area contributed by atoms with E-state index < -0.39 is 14.2 Å². The normalized spacial score (nSPS) is 11.5. The van der Waals surface area contributed by atoms with Crippen LogP contribution < -0.4 is 9.91 Å². The van der Waals surface area contributed by atoms with Crippen molar-refractivity contribution in [2.45, 2.75) is 0 Å². The average molecular weight is 219 g/mol. The molecule has 60 valence electrons. The van der Waals surface area contributed by atoms with Gasteiger partial charge in [0, 0.05) is 0 Å². The van der Waals surface area contributed by atoms with Crippen LogP contribution in [0.1, 0.15) is 0 Å². The number of aromatic nitrogens is 1. The van der Waals surface area contributed by atoms with E-state index in [0.29, 0.717) is 0 Å². The molecule has 0 radical (unpaired) electrons. The molecule has 11 heavy (non-hydrogen) atoms. The molecule has 3 N–H and O–H groups in total. The molecule has 0 saturated heterocycles. The Morgan fingerprint density at radius 3 is 2.36 bits per heavy atom. The van der Waals surface area contributed by atoms with E-state index in [1.54, 1.807) is 0 Å². The van der Waals surface area contributed by atoms with Gasteiger partial charge < -0.3 is 0 Å². The summed E-state index contributed by atoms with van der Waals surface area (Å²) in [5.41, 5.74) is -0.377. The van der Waals surface area contributed by atoms with Gasteiger partial charge in [-0.15, -0.1) is 0 Å². The van der Waals surface area contributed by atoms with Gasteiger partial charge in [-0.1, -0.05) is 0 Å². The van der Waals surface area contributed by atoms with Gasteiger partial charge in [-0.3, -0.25) is 0 Å². The Morgan fingerprint density at radius 2 is 2.00 bits per heavy atom. The summed E-state index contributed by atoms with van der Waals surface area (Å²) in [4.78, 5) is 12.6. The van der Waals surface area contributed by atoms with Crippen LogP contribution in [0.3, 0.4) is 0 Å². The Kier molecular flexibility index (Phi) is 2.04. The number of H-pyrrole nitrogens is 1. The first-order chi connectivity index (χ1) is 5.00. The summed E-state index contributed by atoms with van der Waals surface area (Å²) in [5.74, 6) is 0. The van der Waals surface area contributed by atoms with Crippen molar-refractivity contribution < 1.29 is 11.9 Å². The number of hydrogen-bond acceptors (Lipinski definition) is 2. The van der Waals surface area contributed by atoms with E-state index in [-0.39, 0.29) is 9.91 Å². The van der Waals surface area contributed by atoms with Gasteiger partial charge >= 0.3 is 64.1 Å². The number of nitrogens with one attached hydrogen (secondary N) is 1. The summed E-state index contributed by atoms with van der Waals surface area (Å²) < 4.78 is 27.7. The minimum absolute atomic E-state index is 0.122. The molecule has 1 rings (SSSR count). The van der Waals surface area contributed by atoms with Crippen LogP contribution in [-0.4, -0.2) is 27.3 Å². The van der Waals surface area contributed by atoms with Crippen LogP contribution in [0.15, 0.2) is 23.1 Å². The summed E-state index contributed by atoms with van der Waals surface area (Å²) in [6, 6.07) is 2.20. The van der Waals surface area contributed by atoms with E-state index in [1.165, 1.54) is 0 Å². The molecule has 0 amide bonds. The fourth-order valence-electron chi connectivity index (χ4n) is 0.584. The Bertz CT molecular complexity index is 331. The van der Waals surface area contributed by atoms with E-state index in [1.807, 2.05) is 0 Å². The fourth-order valence-corrected chi connectivity index (χ4v) is 1.64. The average Bonchev–Trinajstić information content (AvgIpc) is 1.86. The standard InChI is InChI=1S/C5H6AsNO4/c8-5-2-1-4(3-7-5)6(9,10)11/h1-3H,(H,7,8)(H2,9,10,11). The monoisotopic (exact) mass is 219 g/mol. The van der Waals surface area contributed by atoms with Gasteiger partial charge in [-0.2, -0.15) is 0 Å². The molecule has 1 heterocycles. The first kappa shape index (κ1) is 8.33. The Balaban J connectivity index is 3.20. The number of hydrogen-bond donors (Lipinski definition) is 3. The second-order valence-electron chi connectivity index (χ2n) is 1.96. The maximum atomic E-state index is 10.6. The summed E-state index contributed by atoms with van der Waals surface area (Å²) in [6.07, 6.45) is 1.03.